The van der Waals surface area contributed by atoms with Crippen LogP contribution in [0.3, 0.4) is 0 Å². The van der Waals surface area contributed by atoms with Crippen LogP contribution >= 0.6 is 11.3 Å². The lowest BCUT2D eigenvalue weighted by molar-refractivity contribution is 0.0307. The summed E-state index contributed by atoms with van der Waals surface area (Å²) < 4.78 is 5.35. The minimum atomic E-state index is -0.351. The number of rotatable bonds is 3. The molecule has 3 aromatic rings. The minimum Gasteiger partial charge on any atom is -0.378 e. The molecule has 1 aliphatic heterocycles. The Morgan fingerprint density at radius 3 is 2.71 bits per heavy atom. The Hall–Kier alpha value is -2.84. The number of hydrogen-bond donors (Lipinski definition) is 1. The summed E-state index contributed by atoms with van der Waals surface area (Å²) in [5.41, 5.74) is 2.65. The lowest BCUT2D eigenvalue weighted by atomic mass is 10.1. The van der Waals surface area contributed by atoms with Gasteiger partial charge in [-0.2, -0.15) is 0 Å². The van der Waals surface area contributed by atoms with Crippen LogP contribution in [0.15, 0.2) is 30.5 Å². The van der Waals surface area contributed by atoms with Gasteiger partial charge in [-0.15, -0.1) is 11.3 Å². The molecule has 2 amide bonds. The topological polar surface area (TPSA) is 84.4 Å². The zero-order chi connectivity index (χ0) is 19.7. The first-order valence-corrected chi connectivity index (χ1v) is 9.86. The minimum absolute atomic E-state index is 0.111. The van der Waals surface area contributed by atoms with Gasteiger partial charge in [0, 0.05) is 30.4 Å². The van der Waals surface area contributed by atoms with E-state index < -0.39 is 0 Å². The number of aromatic nitrogens is 2. The molecular weight excluding hydrogens is 376 g/mol. The van der Waals surface area contributed by atoms with Gasteiger partial charge < -0.3 is 15.0 Å². The Labute approximate surface area is 166 Å². The van der Waals surface area contributed by atoms with E-state index in [1.807, 2.05) is 19.9 Å². The summed E-state index contributed by atoms with van der Waals surface area (Å²) in [6.45, 7) is 5.98. The number of carbonyl (C=O) groups is 2. The van der Waals surface area contributed by atoms with Crippen molar-refractivity contribution in [2.75, 3.05) is 31.6 Å². The summed E-state index contributed by atoms with van der Waals surface area (Å²) in [6, 6.07) is 7.10. The molecule has 4 heterocycles. The normalized spacial score (nSPS) is 14.3. The van der Waals surface area contributed by atoms with Crippen LogP contribution in [0.4, 0.5) is 5.69 Å². The van der Waals surface area contributed by atoms with Crippen molar-refractivity contribution in [1.29, 1.82) is 0 Å². The third kappa shape index (κ3) is 3.48. The van der Waals surface area contributed by atoms with Gasteiger partial charge in [0.05, 0.1) is 18.9 Å². The van der Waals surface area contributed by atoms with E-state index in [2.05, 4.69) is 15.3 Å². The zero-order valence-corrected chi connectivity index (χ0v) is 16.5. The van der Waals surface area contributed by atoms with E-state index in [0.29, 0.717) is 42.6 Å². The molecule has 1 fully saturated rings. The fourth-order valence-corrected chi connectivity index (χ4v) is 4.52. The zero-order valence-electron chi connectivity index (χ0n) is 15.7. The molecule has 3 aromatic heterocycles. The maximum absolute atomic E-state index is 13.2. The molecule has 144 valence electrons. The van der Waals surface area contributed by atoms with E-state index >= 15 is 0 Å². The Bertz CT molecular complexity index is 1040. The van der Waals surface area contributed by atoms with Crippen LogP contribution in [0, 0.1) is 13.8 Å². The molecule has 0 aliphatic carbocycles. The first kappa shape index (κ1) is 18.5. The first-order valence-electron chi connectivity index (χ1n) is 9.04. The summed E-state index contributed by atoms with van der Waals surface area (Å²) >= 11 is 1.31. The molecule has 4 rings (SSSR count). The van der Waals surface area contributed by atoms with Crippen LogP contribution in [0.2, 0.25) is 0 Å². The third-order valence-corrected chi connectivity index (χ3v) is 5.69. The Morgan fingerprint density at radius 1 is 1.21 bits per heavy atom. The van der Waals surface area contributed by atoms with Crippen molar-refractivity contribution in [2.45, 2.75) is 13.8 Å². The molecule has 8 heteroatoms. The molecular formula is C20H20N4O3S. The standard InChI is InChI=1S/C20H20N4O3S/c1-12-11-13(2)22-19-15(12)16(23-18(25)14-5-3-4-6-21-14)17(28-19)20(26)24-7-9-27-10-8-24/h3-6,11H,7-10H2,1-2H3,(H,23,25). The average Bonchev–Trinajstić information content (AvgIpc) is 3.07. The summed E-state index contributed by atoms with van der Waals surface area (Å²) in [5, 5.41) is 3.72. The number of aryl methyl sites for hydroxylation is 2. The predicted molar refractivity (Wildman–Crippen MR) is 108 cm³/mol. The lowest BCUT2D eigenvalue weighted by Crippen LogP contribution is -2.40. The fourth-order valence-electron chi connectivity index (χ4n) is 3.30. The SMILES string of the molecule is Cc1cc(C)c2c(NC(=O)c3ccccn3)c(C(=O)N3CCOCC3)sc2n1. The highest BCUT2D eigenvalue weighted by molar-refractivity contribution is 7.21. The average molecular weight is 396 g/mol. The molecule has 1 saturated heterocycles. The van der Waals surface area contributed by atoms with Crippen molar-refractivity contribution in [2.24, 2.45) is 0 Å². The van der Waals surface area contributed by atoms with Gasteiger partial charge in [0.25, 0.3) is 11.8 Å². The molecule has 0 spiro atoms. The molecule has 0 atom stereocenters. The van der Waals surface area contributed by atoms with E-state index in [0.717, 1.165) is 21.5 Å². The van der Waals surface area contributed by atoms with Crippen molar-refractivity contribution in [3.8, 4) is 0 Å². The fraction of sp³-hybridized carbons (Fsp3) is 0.300. The summed E-state index contributed by atoms with van der Waals surface area (Å²) in [5.74, 6) is -0.462. The second-order valence-corrected chi connectivity index (χ2v) is 7.64. The quantitative estimate of drug-likeness (QED) is 0.736. The number of nitrogens with zero attached hydrogens (tertiary/aromatic N) is 3. The molecule has 0 bridgehead atoms. The second-order valence-electron chi connectivity index (χ2n) is 6.64. The molecule has 1 N–H and O–H groups in total. The third-order valence-electron chi connectivity index (χ3n) is 4.62. The van der Waals surface area contributed by atoms with E-state index in [-0.39, 0.29) is 11.8 Å². The Balaban J connectivity index is 1.79. The molecule has 0 radical (unpaired) electrons. The molecule has 0 aromatic carbocycles. The molecule has 0 unspecified atom stereocenters. The van der Waals surface area contributed by atoms with E-state index in [1.54, 1.807) is 29.3 Å². The van der Waals surface area contributed by atoms with Crippen molar-refractivity contribution in [1.82, 2.24) is 14.9 Å². The van der Waals surface area contributed by atoms with Gasteiger partial charge in [-0.1, -0.05) is 6.07 Å². The maximum Gasteiger partial charge on any atom is 0.274 e. The van der Waals surface area contributed by atoms with Crippen LogP contribution in [0.5, 0.6) is 0 Å². The number of morpholine rings is 1. The van der Waals surface area contributed by atoms with Crippen molar-refractivity contribution < 1.29 is 14.3 Å². The number of amides is 2. The largest absolute Gasteiger partial charge is 0.378 e. The molecule has 0 saturated carbocycles. The van der Waals surface area contributed by atoms with Gasteiger partial charge in [0.1, 0.15) is 15.4 Å². The number of fused-ring (bicyclic) bond motifs is 1. The van der Waals surface area contributed by atoms with E-state index in [9.17, 15) is 9.59 Å². The number of thiophene rings is 1. The van der Waals surface area contributed by atoms with Crippen molar-refractivity contribution >= 4 is 39.1 Å². The molecule has 1 aliphatic rings. The van der Waals surface area contributed by atoms with Gasteiger partial charge in [-0.3, -0.25) is 14.6 Å². The van der Waals surface area contributed by atoms with E-state index in [1.165, 1.54) is 11.3 Å². The van der Waals surface area contributed by atoms with Gasteiger partial charge in [0.15, 0.2) is 0 Å². The number of pyridine rings is 2. The number of anilines is 1. The second kappa shape index (κ2) is 7.65. The number of hydrogen-bond acceptors (Lipinski definition) is 6. The first-order chi connectivity index (χ1) is 13.5. The summed E-state index contributed by atoms with van der Waals surface area (Å²) in [4.78, 5) is 37.6. The smallest absolute Gasteiger partial charge is 0.274 e. The predicted octanol–water partition coefficient (Wildman–Crippen LogP) is 3.03. The maximum atomic E-state index is 13.2. The highest BCUT2D eigenvalue weighted by Gasteiger charge is 2.27. The van der Waals surface area contributed by atoms with Crippen LogP contribution in [0.1, 0.15) is 31.4 Å². The highest BCUT2D eigenvalue weighted by atomic mass is 32.1. The van der Waals surface area contributed by atoms with Gasteiger partial charge in [-0.25, -0.2) is 4.98 Å². The van der Waals surface area contributed by atoms with Gasteiger partial charge in [0.2, 0.25) is 0 Å². The van der Waals surface area contributed by atoms with E-state index in [4.69, 9.17) is 4.74 Å². The number of nitrogens with one attached hydrogen (secondary N) is 1. The molecule has 28 heavy (non-hydrogen) atoms. The van der Waals surface area contributed by atoms with Gasteiger partial charge in [-0.05, 0) is 37.6 Å². The summed E-state index contributed by atoms with van der Waals surface area (Å²) in [7, 11) is 0. The number of carbonyl (C=O) groups excluding carboxylic acids is 2. The Morgan fingerprint density at radius 2 is 2.00 bits per heavy atom. The van der Waals surface area contributed by atoms with Crippen LogP contribution < -0.4 is 5.32 Å². The van der Waals surface area contributed by atoms with Crippen LogP contribution in [0.25, 0.3) is 10.2 Å². The highest BCUT2D eigenvalue weighted by Crippen LogP contribution is 2.38. The van der Waals surface area contributed by atoms with Crippen molar-refractivity contribution in [3.63, 3.8) is 0 Å². The van der Waals surface area contributed by atoms with Crippen LogP contribution in [-0.2, 0) is 4.74 Å². The van der Waals surface area contributed by atoms with Crippen LogP contribution in [-0.4, -0.2) is 53.0 Å². The summed E-state index contributed by atoms with van der Waals surface area (Å²) in [6.07, 6.45) is 1.57. The van der Waals surface area contributed by atoms with Gasteiger partial charge >= 0.3 is 0 Å². The Kier molecular flexibility index (Phi) is 5.06. The molecule has 7 nitrogen and oxygen atoms in total. The number of ether oxygens (including phenoxy) is 1. The lowest BCUT2D eigenvalue weighted by Gasteiger charge is -2.26. The monoisotopic (exact) mass is 396 g/mol. The van der Waals surface area contributed by atoms with Crippen molar-refractivity contribution in [3.05, 3.63) is 52.3 Å².